The highest BCUT2D eigenvalue weighted by Gasteiger charge is 2.34. The molecule has 0 saturated heterocycles. The van der Waals surface area contributed by atoms with Crippen LogP contribution in [-0.2, 0) is 6.54 Å². The van der Waals surface area contributed by atoms with Gasteiger partial charge in [-0.3, -0.25) is 14.5 Å². The van der Waals surface area contributed by atoms with Crippen LogP contribution in [0.5, 0.6) is 0 Å². The zero-order valence-corrected chi connectivity index (χ0v) is 13.9. The highest BCUT2D eigenvalue weighted by molar-refractivity contribution is 6.21. The van der Waals surface area contributed by atoms with Gasteiger partial charge in [0.1, 0.15) is 0 Å². The lowest BCUT2D eigenvalue weighted by molar-refractivity contribution is 0.0656. The van der Waals surface area contributed by atoms with Crippen molar-refractivity contribution in [2.45, 2.75) is 13.5 Å². The number of hydrogen-bond acceptors (Lipinski definition) is 3. The Hall–Kier alpha value is -3.15. The third kappa shape index (κ3) is 3.52. The molecule has 0 atom stereocenters. The van der Waals surface area contributed by atoms with Crippen LogP contribution in [0.15, 0.2) is 48.5 Å². The summed E-state index contributed by atoms with van der Waals surface area (Å²) < 4.78 is 0. The van der Waals surface area contributed by atoms with Gasteiger partial charge in [0.05, 0.1) is 11.1 Å². The SMILES string of the molecule is Cc1ccccc1CNC(=O)NCCN1C(=O)c2ccccc2C1=O. The molecule has 6 heteroatoms. The summed E-state index contributed by atoms with van der Waals surface area (Å²) in [5.41, 5.74) is 2.97. The zero-order chi connectivity index (χ0) is 17.8. The number of carbonyl (C=O) groups is 3. The van der Waals surface area contributed by atoms with Crippen LogP contribution >= 0.6 is 0 Å². The third-order valence-electron chi connectivity index (χ3n) is 4.20. The highest BCUT2D eigenvalue weighted by atomic mass is 16.2. The normalized spacial score (nSPS) is 12.9. The molecule has 3 rings (SSSR count). The van der Waals surface area contributed by atoms with Crippen molar-refractivity contribution < 1.29 is 14.4 Å². The zero-order valence-electron chi connectivity index (χ0n) is 13.9. The van der Waals surface area contributed by atoms with Crippen LogP contribution in [0.3, 0.4) is 0 Å². The fraction of sp³-hybridized carbons (Fsp3) is 0.211. The minimum absolute atomic E-state index is 0.143. The van der Waals surface area contributed by atoms with Crippen LogP contribution < -0.4 is 10.6 Å². The van der Waals surface area contributed by atoms with E-state index in [1.807, 2.05) is 31.2 Å². The van der Waals surface area contributed by atoms with Gasteiger partial charge < -0.3 is 10.6 Å². The van der Waals surface area contributed by atoms with Crippen LogP contribution in [0.25, 0.3) is 0 Å². The van der Waals surface area contributed by atoms with Gasteiger partial charge in [0.15, 0.2) is 0 Å². The number of amides is 4. The number of benzene rings is 2. The average molecular weight is 337 g/mol. The van der Waals surface area contributed by atoms with E-state index < -0.39 is 0 Å². The fourth-order valence-electron chi connectivity index (χ4n) is 2.77. The van der Waals surface area contributed by atoms with Crippen LogP contribution in [0.4, 0.5) is 4.79 Å². The van der Waals surface area contributed by atoms with Gasteiger partial charge in [-0.25, -0.2) is 4.79 Å². The molecule has 2 aromatic carbocycles. The van der Waals surface area contributed by atoms with E-state index in [-0.39, 0.29) is 30.9 Å². The molecule has 1 aliphatic heterocycles. The van der Waals surface area contributed by atoms with E-state index in [4.69, 9.17) is 0 Å². The van der Waals surface area contributed by atoms with Gasteiger partial charge in [-0.15, -0.1) is 0 Å². The van der Waals surface area contributed by atoms with Crippen LogP contribution in [0.1, 0.15) is 31.8 Å². The van der Waals surface area contributed by atoms with Gasteiger partial charge in [0, 0.05) is 19.6 Å². The summed E-state index contributed by atoms with van der Waals surface area (Å²) in [6.07, 6.45) is 0. The van der Waals surface area contributed by atoms with Crippen molar-refractivity contribution in [2.75, 3.05) is 13.1 Å². The van der Waals surface area contributed by atoms with Crippen molar-refractivity contribution in [1.29, 1.82) is 0 Å². The van der Waals surface area contributed by atoms with E-state index in [9.17, 15) is 14.4 Å². The number of aryl methyl sites for hydroxylation is 1. The largest absolute Gasteiger partial charge is 0.336 e. The molecule has 0 fully saturated rings. The Balaban J connectivity index is 1.47. The Bertz CT molecular complexity index is 797. The molecule has 1 aliphatic rings. The molecule has 128 valence electrons. The topological polar surface area (TPSA) is 78.5 Å². The molecule has 0 saturated carbocycles. The van der Waals surface area contributed by atoms with Gasteiger partial charge in [0.25, 0.3) is 11.8 Å². The van der Waals surface area contributed by atoms with Crippen molar-refractivity contribution in [2.24, 2.45) is 0 Å². The van der Waals surface area contributed by atoms with Crippen molar-refractivity contribution >= 4 is 17.8 Å². The maximum Gasteiger partial charge on any atom is 0.315 e. The summed E-state index contributed by atoms with van der Waals surface area (Å²) in [6.45, 7) is 2.75. The molecule has 0 bridgehead atoms. The lowest BCUT2D eigenvalue weighted by Gasteiger charge is -2.14. The Morgan fingerprint density at radius 3 is 2.16 bits per heavy atom. The van der Waals surface area contributed by atoms with Crippen molar-refractivity contribution in [3.63, 3.8) is 0 Å². The van der Waals surface area contributed by atoms with E-state index in [0.29, 0.717) is 17.7 Å². The molecule has 25 heavy (non-hydrogen) atoms. The van der Waals surface area contributed by atoms with Gasteiger partial charge >= 0.3 is 6.03 Å². The van der Waals surface area contributed by atoms with E-state index in [1.54, 1.807) is 24.3 Å². The molecule has 0 spiro atoms. The molecule has 0 aromatic heterocycles. The number of hydrogen-bond donors (Lipinski definition) is 2. The molecule has 6 nitrogen and oxygen atoms in total. The number of imide groups is 1. The minimum atomic E-state index is -0.333. The smallest absolute Gasteiger partial charge is 0.315 e. The summed E-state index contributed by atoms with van der Waals surface area (Å²) in [4.78, 5) is 37.4. The van der Waals surface area contributed by atoms with Gasteiger partial charge in [-0.1, -0.05) is 36.4 Å². The lowest BCUT2D eigenvalue weighted by Crippen LogP contribution is -2.41. The van der Waals surface area contributed by atoms with Crippen molar-refractivity contribution in [3.8, 4) is 0 Å². The summed E-state index contributed by atoms with van der Waals surface area (Å²) in [6, 6.07) is 14.2. The predicted octanol–water partition coefficient (Wildman–Crippen LogP) is 2.09. The van der Waals surface area contributed by atoms with Crippen molar-refractivity contribution in [1.82, 2.24) is 15.5 Å². The molecular formula is C19H19N3O3. The number of nitrogens with zero attached hydrogens (tertiary/aromatic N) is 1. The van der Waals surface area contributed by atoms with Crippen LogP contribution in [0.2, 0.25) is 0 Å². The number of urea groups is 1. The van der Waals surface area contributed by atoms with Crippen LogP contribution in [0, 0.1) is 6.92 Å². The highest BCUT2D eigenvalue weighted by Crippen LogP contribution is 2.21. The number of nitrogens with one attached hydrogen (secondary N) is 2. The quantitative estimate of drug-likeness (QED) is 0.820. The molecule has 0 aliphatic carbocycles. The summed E-state index contributed by atoms with van der Waals surface area (Å²) in [5.74, 6) is -0.634. The number of rotatable bonds is 5. The second-order valence-corrected chi connectivity index (χ2v) is 5.84. The maximum absolute atomic E-state index is 12.2. The summed E-state index contributed by atoms with van der Waals surface area (Å²) in [5, 5.41) is 5.44. The Labute approximate surface area is 145 Å². The second-order valence-electron chi connectivity index (χ2n) is 5.84. The first kappa shape index (κ1) is 16.7. The standard InChI is InChI=1S/C19H19N3O3/c1-13-6-2-3-7-14(13)12-21-19(25)20-10-11-22-17(23)15-8-4-5-9-16(15)18(22)24/h2-9H,10-12H2,1H3,(H2,20,21,25). The van der Waals surface area contributed by atoms with E-state index in [2.05, 4.69) is 10.6 Å². The van der Waals surface area contributed by atoms with E-state index in [1.165, 1.54) is 0 Å². The Morgan fingerprint density at radius 2 is 1.52 bits per heavy atom. The summed E-state index contributed by atoms with van der Waals surface area (Å²) in [7, 11) is 0. The summed E-state index contributed by atoms with van der Waals surface area (Å²) >= 11 is 0. The molecule has 0 radical (unpaired) electrons. The van der Waals surface area contributed by atoms with Gasteiger partial charge in [-0.05, 0) is 30.2 Å². The molecular weight excluding hydrogens is 318 g/mol. The van der Waals surface area contributed by atoms with Gasteiger partial charge in [-0.2, -0.15) is 0 Å². The van der Waals surface area contributed by atoms with E-state index >= 15 is 0 Å². The van der Waals surface area contributed by atoms with Crippen molar-refractivity contribution in [3.05, 3.63) is 70.8 Å². The van der Waals surface area contributed by atoms with E-state index in [0.717, 1.165) is 16.0 Å². The lowest BCUT2D eigenvalue weighted by atomic mass is 10.1. The first-order valence-corrected chi connectivity index (χ1v) is 8.09. The molecule has 0 unspecified atom stereocenters. The van der Waals surface area contributed by atoms with Gasteiger partial charge in [0.2, 0.25) is 0 Å². The Morgan fingerprint density at radius 1 is 0.920 bits per heavy atom. The molecule has 2 aromatic rings. The third-order valence-corrected chi connectivity index (χ3v) is 4.20. The average Bonchev–Trinajstić information content (AvgIpc) is 2.86. The monoisotopic (exact) mass is 337 g/mol. The van der Waals surface area contributed by atoms with Crippen LogP contribution in [-0.4, -0.2) is 35.8 Å². The molecule has 4 amide bonds. The number of carbonyl (C=O) groups excluding carboxylic acids is 3. The molecule has 2 N–H and O–H groups in total. The number of fused-ring (bicyclic) bond motifs is 1. The fourth-order valence-corrected chi connectivity index (χ4v) is 2.77. The first-order chi connectivity index (χ1) is 12.1. The minimum Gasteiger partial charge on any atom is -0.336 e. The maximum atomic E-state index is 12.2. The predicted molar refractivity (Wildman–Crippen MR) is 93.2 cm³/mol. The first-order valence-electron chi connectivity index (χ1n) is 8.09. The molecule has 1 heterocycles. The second kappa shape index (κ2) is 7.17. The Kier molecular flexibility index (Phi) is 4.79.